The summed E-state index contributed by atoms with van der Waals surface area (Å²) in [5.41, 5.74) is 0.597. The van der Waals surface area contributed by atoms with E-state index in [1.165, 1.54) is 12.1 Å². The Balaban J connectivity index is 2.11. The number of aryl methyl sites for hydroxylation is 1. The van der Waals surface area contributed by atoms with Gasteiger partial charge in [-0.05, 0) is 51.3 Å². The smallest absolute Gasteiger partial charge is 0.343 e. The Labute approximate surface area is 156 Å². The highest BCUT2D eigenvalue weighted by Crippen LogP contribution is 2.37. The maximum atomic E-state index is 14.1. The third kappa shape index (κ3) is 2.81. The fourth-order valence-electron chi connectivity index (χ4n) is 4.69. The molecule has 6 nitrogen and oxygen atoms in total. The van der Waals surface area contributed by atoms with E-state index in [1.807, 2.05) is 30.2 Å². The van der Waals surface area contributed by atoms with Crippen LogP contribution in [0.4, 0.5) is 10.2 Å². The molecule has 2 aliphatic rings. The number of rotatable bonds is 2. The summed E-state index contributed by atoms with van der Waals surface area (Å²) in [5, 5.41) is 13.5. The fourth-order valence-corrected chi connectivity index (χ4v) is 4.69. The molecule has 4 rings (SSSR count). The number of aromatic nitrogens is 1. The van der Waals surface area contributed by atoms with E-state index in [0.717, 1.165) is 12.0 Å². The summed E-state index contributed by atoms with van der Waals surface area (Å²) in [4.78, 5) is 27.2. The number of piperazine rings is 1. The number of halogens is 1. The molecular formula is C20H24FN3O3. The third-order valence-corrected chi connectivity index (χ3v) is 5.66. The number of nitrogens with zero attached hydrogens (tertiary/aromatic N) is 2. The lowest BCUT2D eigenvalue weighted by molar-refractivity contribution is 0.0695. The van der Waals surface area contributed by atoms with Crippen LogP contribution in [0.25, 0.3) is 10.9 Å². The first-order chi connectivity index (χ1) is 12.8. The van der Waals surface area contributed by atoms with Crippen LogP contribution in [0.1, 0.15) is 49.2 Å². The highest BCUT2D eigenvalue weighted by molar-refractivity contribution is 5.99. The molecule has 0 bridgehead atoms. The second-order valence-electron chi connectivity index (χ2n) is 7.93. The summed E-state index contributed by atoms with van der Waals surface area (Å²) in [6.45, 7) is 7.34. The molecule has 0 saturated carbocycles. The second-order valence-corrected chi connectivity index (χ2v) is 7.93. The molecule has 144 valence electrons. The summed E-state index contributed by atoms with van der Waals surface area (Å²) >= 11 is 0. The highest BCUT2D eigenvalue weighted by Gasteiger charge is 2.33. The number of nitrogens with one attached hydrogen (secondary N) is 1. The Bertz CT molecular complexity index is 990. The van der Waals surface area contributed by atoms with E-state index in [4.69, 9.17) is 0 Å². The van der Waals surface area contributed by atoms with Crippen LogP contribution in [0.2, 0.25) is 0 Å². The van der Waals surface area contributed by atoms with E-state index in [-0.39, 0.29) is 29.1 Å². The number of carboxylic acid groups (broad SMARTS) is 1. The zero-order valence-electron chi connectivity index (χ0n) is 15.8. The molecule has 2 aromatic rings. The van der Waals surface area contributed by atoms with Crippen LogP contribution >= 0.6 is 0 Å². The van der Waals surface area contributed by atoms with Crippen LogP contribution in [0, 0.1) is 5.82 Å². The maximum absolute atomic E-state index is 14.1. The number of aromatic carboxylic acids is 1. The van der Waals surface area contributed by atoms with Gasteiger partial charge in [0, 0.05) is 36.6 Å². The Hall–Kier alpha value is -2.41. The van der Waals surface area contributed by atoms with E-state index in [0.29, 0.717) is 30.8 Å². The summed E-state index contributed by atoms with van der Waals surface area (Å²) < 4.78 is 16.1. The van der Waals surface area contributed by atoms with Gasteiger partial charge in [0.15, 0.2) is 0 Å². The molecule has 1 fully saturated rings. The topological polar surface area (TPSA) is 74.6 Å². The van der Waals surface area contributed by atoms with Crippen molar-refractivity contribution < 1.29 is 14.3 Å². The Kier molecular flexibility index (Phi) is 4.22. The summed E-state index contributed by atoms with van der Waals surface area (Å²) in [5.74, 6) is -1.30. The average molecular weight is 373 g/mol. The van der Waals surface area contributed by atoms with Gasteiger partial charge in [-0.1, -0.05) is 0 Å². The molecule has 1 aromatic heterocycles. The largest absolute Gasteiger partial charge is 0.477 e. The first kappa shape index (κ1) is 18.0. The molecular weight excluding hydrogens is 349 g/mol. The predicted molar refractivity (Wildman–Crippen MR) is 102 cm³/mol. The summed E-state index contributed by atoms with van der Waals surface area (Å²) in [7, 11) is 0. The second kappa shape index (κ2) is 6.34. The number of carboxylic acids is 1. The number of hydrogen-bond donors (Lipinski definition) is 2. The number of hydrogen-bond acceptors (Lipinski definition) is 4. The first-order valence-electron chi connectivity index (χ1n) is 9.42. The molecule has 1 saturated heterocycles. The van der Waals surface area contributed by atoms with Crippen molar-refractivity contribution in [3.05, 3.63) is 39.3 Å². The van der Waals surface area contributed by atoms with Crippen molar-refractivity contribution in [1.82, 2.24) is 9.88 Å². The monoisotopic (exact) mass is 373 g/mol. The van der Waals surface area contributed by atoms with Gasteiger partial charge in [0.25, 0.3) is 0 Å². The van der Waals surface area contributed by atoms with E-state index < -0.39 is 17.2 Å². The van der Waals surface area contributed by atoms with Gasteiger partial charge in [0.2, 0.25) is 5.43 Å². The number of carbonyl (C=O) groups is 1. The van der Waals surface area contributed by atoms with Crippen molar-refractivity contribution in [2.75, 3.05) is 18.0 Å². The van der Waals surface area contributed by atoms with Crippen LogP contribution in [0.15, 0.2) is 16.9 Å². The molecule has 0 spiro atoms. The molecule has 3 heterocycles. The van der Waals surface area contributed by atoms with Gasteiger partial charge < -0.3 is 19.9 Å². The van der Waals surface area contributed by atoms with E-state index in [2.05, 4.69) is 5.32 Å². The van der Waals surface area contributed by atoms with Gasteiger partial charge in [-0.2, -0.15) is 0 Å². The van der Waals surface area contributed by atoms with Crippen molar-refractivity contribution in [2.24, 2.45) is 0 Å². The molecule has 7 heteroatoms. The fraction of sp³-hybridized carbons (Fsp3) is 0.500. The number of pyridine rings is 1. The maximum Gasteiger partial charge on any atom is 0.343 e. The van der Waals surface area contributed by atoms with Gasteiger partial charge in [-0.3, -0.25) is 4.79 Å². The Morgan fingerprint density at radius 3 is 2.52 bits per heavy atom. The summed E-state index contributed by atoms with van der Waals surface area (Å²) in [6, 6.07) is 3.01. The zero-order chi connectivity index (χ0) is 19.5. The van der Waals surface area contributed by atoms with Crippen LogP contribution in [-0.4, -0.2) is 40.8 Å². The van der Waals surface area contributed by atoms with E-state index in [1.54, 1.807) is 0 Å². The molecule has 0 amide bonds. The molecule has 0 aliphatic carbocycles. The van der Waals surface area contributed by atoms with Crippen LogP contribution in [0.3, 0.4) is 0 Å². The first-order valence-corrected chi connectivity index (χ1v) is 9.42. The van der Waals surface area contributed by atoms with E-state index in [9.17, 15) is 19.1 Å². The van der Waals surface area contributed by atoms with Gasteiger partial charge in [-0.15, -0.1) is 0 Å². The van der Waals surface area contributed by atoms with Gasteiger partial charge in [0.05, 0.1) is 5.52 Å². The van der Waals surface area contributed by atoms with Crippen LogP contribution in [0.5, 0.6) is 0 Å². The van der Waals surface area contributed by atoms with Gasteiger partial charge >= 0.3 is 5.97 Å². The highest BCUT2D eigenvalue weighted by atomic mass is 19.1. The van der Waals surface area contributed by atoms with Crippen LogP contribution in [-0.2, 0) is 6.42 Å². The lowest BCUT2D eigenvalue weighted by Gasteiger charge is -2.41. The van der Waals surface area contributed by atoms with Crippen molar-refractivity contribution in [3.8, 4) is 0 Å². The molecule has 3 atom stereocenters. The molecule has 1 aromatic carbocycles. The van der Waals surface area contributed by atoms with Crippen molar-refractivity contribution >= 4 is 22.7 Å². The number of benzene rings is 1. The SMILES string of the molecule is CC1CN(c2c(C(=O)O)c(=O)c3cc(F)cc4c3n2C(C)CC4)CC(C)N1. The minimum atomic E-state index is -1.26. The predicted octanol–water partition coefficient (Wildman–Crippen LogP) is 2.53. The Morgan fingerprint density at radius 2 is 1.89 bits per heavy atom. The molecule has 2 aliphatic heterocycles. The Morgan fingerprint density at radius 1 is 1.22 bits per heavy atom. The van der Waals surface area contributed by atoms with Crippen molar-refractivity contribution in [3.63, 3.8) is 0 Å². The van der Waals surface area contributed by atoms with E-state index >= 15 is 0 Å². The summed E-state index contributed by atoms with van der Waals surface area (Å²) in [6.07, 6.45) is 1.45. The molecule has 27 heavy (non-hydrogen) atoms. The normalized spacial score (nSPS) is 25.0. The lowest BCUT2D eigenvalue weighted by atomic mass is 9.94. The third-order valence-electron chi connectivity index (χ3n) is 5.66. The molecule has 0 radical (unpaired) electrons. The number of anilines is 1. The lowest BCUT2D eigenvalue weighted by Crippen LogP contribution is -2.55. The average Bonchev–Trinajstić information content (AvgIpc) is 2.57. The zero-order valence-corrected chi connectivity index (χ0v) is 15.8. The van der Waals surface area contributed by atoms with Crippen LogP contribution < -0.4 is 15.6 Å². The standard InChI is InChI=1S/C20H24FN3O3/c1-10-8-23(9-11(2)22-10)19-16(20(26)27)18(25)15-7-14(21)6-13-5-4-12(3)24(19)17(13)15/h6-7,10-12,22H,4-5,8-9H2,1-3H3,(H,26,27). The molecule has 3 unspecified atom stereocenters. The minimum Gasteiger partial charge on any atom is -0.477 e. The van der Waals surface area contributed by atoms with Crippen molar-refractivity contribution in [2.45, 2.75) is 51.7 Å². The quantitative estimate of drug-likeness (QED) is 0.846. The van der Waals surface area contributed by atoms with Gasteiger partial charge in [0.1, 0.15) is 17.2 Å². The molecule has 2 N–H and O–H groups in total. The minimum absolute atomic E-state index is 0.0275. The van der Waals surface area contributed by atoms with Crippen molar-refractivity contribution in [1.29, 1.82) is 0 Å². The van der Waals surface area contributed by atoms with Gasteiger partial charge in [-0.25, -0.2) is 9.18 Å².